The van der Waals surface area contributed by atoms with Gasteiger partial charge in [0.15, 0.2) is 0 Å². The van der Waals surface area contributed by atoms with E-state index in [1.807, 2.05) is 6.07 Å². The first-order valence-corrected chi connectivity index (χ1v) is 7.19. The van der Waals surface area contributed by atoms with Crippen molar-refractivity contribution in [2.75, 3.05) is 6.61 Å². The molecule has 1 aliphatic heterocycles. The summed E-state index contributed by atoms with van der Waals surface area (Å²) < 4.78 is 12.3. The predicted octanol–water partition coefficient (Wildman–Crippen LogP) is 3.06. The lowest BCUT2D eigenvalue weighted by molar-refractivity contribution is 0.0690. The Morgan fingerprint density at radius 2 is 2.29 bits per heavy atom. The van der Waals surface area contributed by atoms with Gasteiger partial charge in [0.2, 0.25) is 0 Å². The van der Waals surface area contributed by atoms with Crippen LogP contribution in [0.2, 0.25) is 0 Å². The van der Waals surface area contributed by atoms with E-state index < -0.39 is 5.97 Å². The highest BCUT2D eigenvalue weighted by Crippen LogP contribution is 2.33. The Bertz CT molecular complexity index is 685. The molecule has 2 heterocycles. The van der Waals surface area contributed by atoms with Crippen molar-refractivity contribution in [1.29, 1.82) is 0 Å². The maximum atomic E-state index is 10.7. The molecule has 0 atom stereocenters. The average molecular weight is 350 g/mol. The fourth-order valence-corrected chi connectivity index (χ4v) is 2.76. The van der Waals surface area contributed by atoms with E-state index in [-0.39, 0.29) is 5.69 Å². The minimum atomic E-state index is -1.06. The van der Waals surface area contributed by atoms with Gasteiger partial charge < -0.3 is 14.6 Å². The highest BCUT2D eigenvalue weighted by Gasteiger charge is 2.17. The van der Waals surface area contributed by atoms with Crippen LogP contribution >= 0.6 is 15.9 Å². The van der Waals surface area contributed by atoms with Gasteiger partial charge in [-0.3, -0.25) is 0 Å². The summed E-state index contributed by atoms with van der Waals surface area (Å²) in [5.74, 6) is 0.347. The van der Waals surface area contributed by atoms with Crippen molar-refractivity contribution in [3.8, 4) is 11.5 Å². The third-order valence-corrected chi connectivity index (χ3v) is 3.63. The molecule has 0 amide bonds. The molecule has 1 aromatic carbocycles. The Balaban J connectivity index is 1.75. The number of carbonyl (C=O) groups is 1. The van der Waals surface area contributed by atoms with Crippen LogP contribution in [0.25, 0.3) is 0 Å². The molecule has 0 radical (unpaired) electrons. The minimum Gasteiger partial charge on any atom is -0.493 e. The second-order valence-electron chi connectivity index (χ2n) is 4.62. The number of hydrogen-bond acceptors (Lipinski definition) is 4. The van der Waals surface area contributed by atoms with Crippen LogP contribution in [0.4, 0.5) is 0 Å². The number of fused-ring (bicyclic) bond motifs is 1. The van der Waals surface area contributed by atoms with Gasteiger partial charge in [-0.2, -0.15) is 0 Å². The maximum Gasteiger partial charge on any atom is 0.354 e. The van der Waals surface area contributed by atoms with Crippen molar-refractivity contribution in [1.82, 2.24) is 4.98 Å². The molecule has 1 N–H and O–H groups in total. The molecule has 3 rings (SSSR count). The van der Waals surface area contributed by atoms with Crippen LogP contribution < -0.4 is 9.47 Å². The number of rotatable bonds is 4. The first-order chi connectivity index (χ1) is 10.1. The molecular weight excluding hydrogens is 338 g/mol. The molecule has 0 bridgehead atoms. The summed E-state index contributed by atoms with van der Waals surface area (Å²) in [6, 6.07) is 7.02. The van der Waals surface area contributed by atoms with Crippen LogP contribution in [0.5, 0.6) is 11.5 Å². The van der Waals surface area contributed by atoms with Gasteiger partial charge in [0, 0.05) is 16.5 Å². The van der Waals surface area contributed by atoms with Crippen molar-refractivity contribution < 1.29 is 19.4 Å². The molecule has 0 aliphatic carbocycles. The summed E-state index contributed by atoms with van der Waals surface area (Å²) >= 11 is 3.48. The number of benzene rings is 1. The SMILES string of the molecule is O=C(O)c1ccc(OCc2cc(Br)cc3c2OCC3)cn1. The van der Waals surface area contributed by atoms with Crippen molar-refractivity contribution in [3.05, 3.63) is 51.8 Å². The Morgan fingerprint density at radius 1 is 1.43 bits per heavy atom. The lowest BCUT2D eigenvalue weighted by Crippen LogP contribution is -2.02. The van der Waals surface area contributed by atoms with E-state index in [0.717, 1.165) is 22.2 Å². The van der Waals surface area contributed by atoms with Gasteiger partial charge in [0.05, 0.1) is 12.8 Å². The van der Waals surface area contributed by atoms with Crippen molar-refractivity contribution >= 4 is 21.9 Å². The number of nitrogens with zero attached hydrogens (tertiary/aromatic N) is 1. The number of halogens is 1. The normalized spacial score (nSPS) is 12.6. The van der Waals surface area contributed by atoms with Crippen LogP contribution in [-0.4, -0.2) is 22.7 Å². The number of carboxylic acids is 1. The molecular formula is C15H12BrNO4. The maximum absolute atomic E-state index is 10.7. The Hall–Kier alpha value is -2.08. The zero-order chi connectivity index (χ0) is 14.8. The third-order valence-electron chi connectivity index (χ3n) is 3.18. The number of aromatic nitrogens is 1. The van der Waals surface area contributed by atoms with E-state index >= 15 is 0 Å². The molecule has 6 heteroatoms. The van der Waals surface area contributed by atoms with Gasteiger partial charge in [0.1, 0.15) is 23.8 Å². The van der Waals surface area contributed by atoms with E-state index in [9.17, 15) is 4.79 Å². The molecule has 108 valence electrons. The molecule has 21 heavy (non-hydrogen) atoms. The van der Waals surface area contributed by atoms with E-state index in [0.29, 0.717) is 19.0 Å². The molecule has 2 aromatic rings. The quantitative estimate of drug-likeness (QED) is 0.918. The summed E-state index contributed by atoms with van der Waals surface area (Å²) in [4.78, 5) is 14.5. The van der Waals surface area contributed by atoms with Gasteiger partial charge in [-0.25, -0.2) is 9.78 Å². The summed E-state index contributed by atoms with van der Waals surface area (Å²) in [5, 5.41) is 8.79. The number of hydrogen-bond donors (Lipinski definition) is 1. The first-order valence-electron chi connectivity index (χ1n) is 6.40. The number of pyridine rings is 1. The monoisotopic (exact) mass is 349 g/mol. The van der Waals surface area contributed by atoms with Gasteiger partial charge in [0.25, 0.3) is 0 Å². The number of aromatic carboxylic acids is 1. The fraction of sp³-hybridized carbons (Fsp3) is 0.200. The van der Waals surface area contributed by atoms with Crippen LogP contribution in [0.1, 0.15) is 21.6 Å². The number of ether oxygens (including phenoxy) is 2. The van der Waals surface area contributed by atoms with Crippen LogP contribution in [0.3, 0.4) is 0 Å². The third kappa shape index (κ3) is 3.00. The minimum absolute atomic E-state index is 0.00553. The van der Waals surface area contributed by atoms with E-state index in [1.165, 1.54) is 17.8 Å². The second kappa shape index (κ2) is 5.73. The zero-order valence-electron chi connectivity index (χ0n) is 11.0. The number of carboxylic acid groups (broad SMARTS) is 1. The van der Waals surface area contributed by atoms with E-state index in [4.69, 9.17) is 14.6 Å². The lowest BCUT2D eigenvalue weighted by atomic mass is 10.1. The van der Waals surface area contributed by atoms with Crippen LogP contribution in [0, 0.1) is 0 Å². The lowest BCUT2D eigenvalue weighted by Gasteiger charge is -2.10. The Morgan fingerprint density at radius 3 is 3.00 bits per heavy atom. The molecule has 5 nitrogen and oxygen atoms in total. The van der Waals surface area contributed by atoms with Crippen molar-refractivity contribution in [2.24, 2.45) is 0 Å². The van der Waals surface area contributed by atoms with Gasteiger partial charge in [-0.05, 0) is 29.8 Å². The fourth-order valence-electron chi connectivity index (χ4n) is 2.21. The largest absolute Gasteiger partial charge is 0.493 e. The summed E-state index contributed by atoms with van der Waals surface area (Å²) in [5.41, 5.74) is 2.12. The Kier molecular flexibility index (Phi) is 3.79. The summed E-state index contributed by atoms with van der Waals surface area (Å²) in [6.45, 7) is 1.03. The molecule has 1 aliphatic rings. The second-order valence-corrected chi connectivity index (χ2v) is 5.54. The molecule has 0 saturated heterocycles. The van der Waals surface area contributed by atoms with Gasteiger partial charge >= 0.3 is 5.97 Å². The molecule has 0 saturated carbocycles. The van der Waals surface area contributed by atoms with Gasteiger partial charge in [-0.1, -0.05) is 15.9 Å². The van der Waals surface area contributed by atoms with Crippen LogP contribution in [0.15, 0.2) is 34.9 Å². The summed E-state index contributed by atoms with van der Waals surface area (Å²) in [6.07, 6.45) is 2.30. The smallest absolute Gasteiger partial charge is 0.354 e. The predicted molar refractivity (Wildman–Crippen MR) is 78.9 cm³/mol. The molecule has 1 aromatic heterocycles. The topological polar surface area (TPSA) is 68.7 Å². The standard InChI is InChI=1S/C15H12BrNO4/c16-11-5-9-3-4-20-14(9)10(6-11)8-21-12-1-2-13(15(18)19)17-7-12/h1-2,5-7H,3-4,8H2,(H,18,19). The van der Waals surface area contributed by atoms with Crippen molar-refractivity contribution in [2.45, 2.75) is 13.0 Å². The average Bonchev–Trinajstić information content (AvgIpc) is 2.93. The zero-order valence-corrected chi connectivity index (χ0v) is 12.6. The summed E-state index contributed by atoms with van der Waals surface area (Å²) in [7, 11) is 0. The van der Waals surface area contributed by atoms with E-state index in [2.05, 4.69) is 27.0 Å². The molecule has 0 spiro atoms. The highest BCUT2D eigenvalue weighted by molar-refractivity contribution is 9.10. The highest BCUT2D eigenvalue weighted by atomic mass is 79.9. The Labute approximate surface area is 129 Å². The molecule has 0 fully saturated rings. The molecule has 0 unspecified atom stereocenters. The van der Waals surface area contributed by atoms with E-state index in [1.54, 1.807) is 6.07 Å². The van der Waals surface area contributed by atoms with Gasteiger partial charge in [-0.15, -0.1) is 0 Å². The van der Waals surface area contributed by atoms with Crippen molar-refractivity contribution in [3.63, 3.8) is 0 Å². The first kappa shape index (κ1) is 13.9. The van der Waals surface area contributed by atoms with Crippen LogP contribution in [-0.2, 0) is 13.0 Å².